The van der Waals surface area contributed by atoms with Gasteiger partial charge in [-0.25, -0.2) is 0 Å². The topological polar surface area (TPSA) is 79.3 Å². The lowest BCUT2D eigenvalue weighted by Crippen LogP contribution is -2.29. The lowest BCUT2D eigenvalue weighted by Gasteiger charge is -2.26. The zero-order chi connectivity index (χ0) is 28.5. The number of amides is 1. The van der Waals surface area contributed by atoms with Crippen molar-refractivity contribution in [3.63, 3.8) is 0 Å². The number of hydrogen-bond acceptors (Lipinski definition) is 6. The summed E-state index contributed by atoms with van der Waals surface area (Å²) in [6, 6.07) is 19.2. The highest BCUT2D eigenvalue weighted by Crippen LogP contribution is 2.43. The van der Waals surface area contributed by atoms with E-state index in [-0.39, 0.29) is 16.7 Å². The van der Waals surface area contributed by atoms with Crippen LogP contribution in [0.1, 0.15) is 50.4 Å². The van der Waals surface area contributed by atoms with E-state index in [1.165, 1.54) is 4.90 Å². The van der Waals surface area contributed by atoms with E-state index in [0.29, 0.717) is 34.9 Å². The lowest BCUT2D eigenvalue weighted by molar-refractivity contribution is -0.132. The molecule has 0 bridgehead atoms. The highest BCUT2D eigenvalue weighted by Gasteiger charge is 2.47. The van der Waals surface area contributed by atoms with E-state index in [9.17, 15) is 14.7 Å². The van der Waals surface area contributed by atoms with Crippen LogP contribution in [0, 0.1) is 0 Å². The minimum Gasteiger partial charge on any atom is -0.507 e. The molecule has 0 aliphatic carbocycles. The van der Waals surface area contributed by atoms with Gasteiger partial charge in [0.15, 0.2) is 0 Å². The van der Waals surface area contributed by atoms with Gasteiger partial charge in [0.2, 0.25) is 0 Å². The largest absolute Gasteiger partial charge is 0.507 e. The molecule has 0 aromatic heterocycles. The number of carbonyl (C=O) groups is 2. The molecule has 1 unspecified atom stereocenters. The molecule has 1 saturated heterocycles. The molecule has 0 radical (unpaired) electrons. The first kappa shape index (κ1) is 27.8. The Morgan fingerprint density at radius 3 is 2.15 bits per heavy atom. The second-order valence-electron chi connectivity index (χ2n) is 10.7. The average Bonchev–Trinajstić information content (AvgIpc) is 3.18. The first-order valence-electron chi connectivity index (χ1n) is 13.0. The van der Waals surface area contributed by atoms with E-state index in [0.717, 1.165) is 11.3 Å². The summed E-state index contributed by atoms with van der Waals surface area (Å²) in [5, 5.41) is 11.6. The van der Waals surface area contributed by atoms with Crippen LogP contribution in [-0.4, -0.2) is 44.6 Å². The second-order valence-corrected chi connectivity index (χ2v) is 10.7. The fourth-order valence-electron chi connectivity index (χ4n) is 4.84. The Kier molecular flexibility index (Phi) is 7.72. The summed E-state index contributed by atoms with van der Waals surface area (Å²) in [5.41, 5.74) is 3.30. The van der Waals surface area contributed by atoms with Gasteiger partial charge >= 0.3 is 0 Å². The molecule has 1 N–H and O–H groups in total. The molecule has 204 valence electrons. The molecular formula is C32H36N2O5. The molecule has 7 heteroatoms. The van der Waals surface area contributed by atoms with Crippen LogP contribution >= 0.6 is 0 Å². The molecule has 1 amide bonds. The van der Waals surface area contributed by atoms with Gasteiger partial charge in [0.25, 0.3) is 11.7 Å². The molecule has 0 spiro atoms. The smallest absolute Gasteiger partial charge is 0.300 e. The maximum Gasteiger partial charge on any atom is 0.300 e. The Hall–Kier alpha value is -4.26. The summed E-state index contributed by atoms with van der Waals surface area (Å²) in [6.07, 6.45) is 0. The molecule has 0 saturated carbocycles. The van der Waals surface area contributed by atoms with Crippen LogP contribution in [0.5, 0.6) is 11.5 Å². The molecule has 3 aromatic carbocycles. The molecule has 4 rings (SSSR count). The van der Waals surface area contributed by atoms with Gasteiger partial charge in [-0.05, 0) is 72.5 Å². The fraction of sp³-hybridized carbons (Fsp3) is 0.312. The predicted octanol–water partition coefficient (Wildman–Crippen LogP) is 6.08. The van der Waals surface area contributed by atoms with Crippen LogP contribution in [-0.2, 0) is 15.0 Å². The molecule has 1 atom stereocenters. The zero-order valence-corrected chi connectivity index (χ0v) is 23.6. The van der Waals surface area contributed by atoms with Gasteiger partial charge < -0.3 is 19.5 Å². The van der Waals surface area contributed by atoms with Crippen LogP contribution in [0.15, 0.2) is 72.3 Å². The number of carbonyl (C=O) groups excluding carboxylic acids is 2. The normalized spacial score (nSPS) is 16.9. The van der Waals surface area contributed by atoms with Crippen molar-refractivity contribution in [3.8, 4) is 11.5 Å². The number of methoxy groups -OCH3 is 1. The number of aliphatic hydroxyl groups excluding tert-OH is 1. The average molecular weight is 529 g/mol. The number of Topliss-reactive ketones (excluding diaryl/α,β-unsaturated/α-hetero) is 1. The van der Waals surface area contributed by atoms with E-state index in [4.69, 9.17) is 9.47 Å². The second kappa shape index (κ2) is 10.8. The number of rotatable bonds is 7. The lowest BCUT2D eigenvalue weighted by atomic mass is 9.84. The Morgan fingerprint density at radius 1 is 0.974 bits per heavy atom. The minimum atomic E-state index is -0.820. The van der Waals surface area contributed by atoms with E-state index in [1.54, 1.807) is 43.5 Å². The number of anilines is 2. The number of ether oxygens (including phenoxy) is 2. The van der Waals surface area contributed by atoms with E-state index < -0.39 is 17.7 Å². The molecule has 3 aromatic rings. The third-order valence-electron chi connectivity index (χ3n) is 6.88. The van der Waals surface area contributed by atoms with Crippen molar-refractivity contribution < 1.29 is 24.2 Å². The Bertz CT molecular complexity index is 1400. The number of ketones is 1. The van der Waals surface area contributed by atoms with Crippen molar-refractivity contribution in [2.24, 2.45) is 0 Å². The van der Waals surface area contributed by atoms with Gasteiger partial charge in [0, 0.05) is 36.6 Å². The summed E-state index contributed by atoms with van der Waals surface area (Å²) in [5.74, 6) is -0.317. The standard InChI is InChI=1S/C32H36N2O5/c1-8-39-24-16-14-23(15-17-24)34-28(20-9-12-22(13-10-20)33(5)6)27(30(36)31(34)37)29(35)21-11-18-26(38-7)25(19-21)32(2,3)4/h9-19,28,35H,8H2,1-7H3/b29-27-. The van der Waals surface area contributed by atoms with E-state index in [1.807, 2.05) is 77.0 Å². The van der Waals surface area contributed by atoms with Crippen LogP contribution in [0.3, 0.4) is 0 Å². The first-order chi connectivity index (χ1) is 18.5. The van der Waals surface area contributed by atoms with E-state index >= 15 is 0 Å². The minimum absolute atomic E-state index is 0.0384. The Morgan fingerprint density at radius 2 is 1.62 bits per heavy atom. The van der Waals surface area contributed by atoms with Gasteiger partial charge in [-0.3, -0.25) is 14.5 Å². The Balaban J connectivity index is 1.92. The fourth-order valence-corrected chi connectivity index (χ4v) is 4.84. The third-order valence-corrected chi connectivity index (χ3v) is 6.88. The number of benzene rings is 3. The molecule has 7 nitrogen and oxygen atoms in total. The van der Waals surface area contributed by atoms with Crippen molar-refractivity contribution in [1.82, 2.24) is 0 Å². The molecule has 1 aliphatic rings. The van der Waals surface area contributed by atoms with Crippen molar-refractivity contribution >= 4 is 28.8 Å². The Labute approximate surface area is 230 Å². The maximum atomic E-state index is 13.6. The van der Waals surface area contributed by atoms with Crippen molar-refractivity contribution in [2.75, 3.05) is 37.6 Å². The van der Waals surface area contributed by atoms with Gasteiger partial charge in [-0.15, -0.1) is 0 Å². The van der Waals surface area contributed by atoms with Crippen molar-refractivity contribution in [2.45, 2.75) is 39.2 Å². The van der Waals surface area contributed by atoms with Crippen molar-refractivity contribution in [3.05, 3.63) is 89.0 Å². The van der Waals surface area contributed by atoms with Gasteiger partial charge in [0.05, 0.1) is 25.3 Å². The number of aliphatic hydroxyl groups is 1. The molecule has 39 heavy (non-hydrogen) atoms. The van der Waals surface area contributed by atoms with Gasteiger partial charge in [-0.2, -0.15) is 0 Å². The van der Waals surface area contributed by atoms with Crippen molar-refractivity contribution in [1.29, 1.82) is 0 Å². The summed E-state index contributed by atoms with van der Waals surface area (Å²) >= 11 is 0. The monoisotopic (exact) mass is 528 g/mol. The highest BCUT2D eigenvalue weighted by atomic mass is 16.5. The summed E-state index contributed by atoms with van der Waals surface area (Å²) < 4.78 is 11.1. The summed E-state index contributed by atoms with van der Waals surface area (Å²) in [7, 11) is 5.48. The SMILES string of the molecule is CCOc1ccc(N2C(=O)C(=O)/C(=C(\O)c3ccc(OC)c(C(C)(C)C)c3)C2c2ccc(N(C)C)cc2)cc1. The summed E-state index contributed by atoms with van der Waals surface area (Å²) in [4.78, 5) is 30.5. The molecular weight excluding hydrogens is 492 g/mol. The van der Waals surface area contributed by atoms with Gasteiger partial charge in [0.1, 0.15) is 17.3 Å². The molecule has 1 heterocycles. The third kappa shape index (κ3) is 5.35. The first-order valence-corrected chi connectivity index (χ1v) is 13.0. The van der Waals surface area contributed by atoms with Crippen LogP contribution in [0.4, 0.5) is 11.4 Å². The highest BCUT2D eigenvalue weighted by molar-refractivity contribution is 6.51. The maximum absolute atomic E-state index is 13.6. The van der Waals surface area contributed by atoms with Crippen LogP contribution in [0.25, 0.3) is 5.76 Å². The molecule has 1 fully saturated rings. The number of nitrogens with zero attached hydrogens (tertiary/aromatic N) is 2. The van der Waals surface area contributed by atoms with Crippen LogP contribution < -0.4 is 19.3 Å². The molecule has 1 aliphatic heterocycles. The zero-order valence-electron chi connectivity index (χ0n) is 23.6. The quantitative estimate of drug-likeness (QED) is 0.227. The van der Waals surface area contributed by atoms with Gasteiger partial charge in [-0.1, -0.05) is 32.9 Å². The van der Waals surface area contributed by atoms with Crippen LogP contribution in [0.2, 0.25) is 0 Å². The summed E-state index contributed by atoms with van der Waals surface area (Å²) in [6.45, 7) is 8.55. The van der Waals surface area contributed by atoms with E-state index in [2.05, 4.69) is 0 Å². The predicted molar refractivity (Wildman–Crippen MR) is 155 cm³/mol. The number of hydrogen-bond donors (Lipinski definition) is 1.